The first-order chi connectivity index (χ1) is 8.88. The van der Waals surface area contributed by atoms with E-state index in [4.69, 9.17) is 0 Å². The quantitative estimate of drug-likeness (QED) is 0.848. The van der Waals surface area contributed by atoms with E-state index in [9.17, 15) is 12.8 Å². The van der Waals surface area contributed by atoms with Gasteiger partial charge < -0.3 is 0 Å². The van der Waals surface area contributed by atoms with E-state index in [1.165, 1.54) is 12.1 Å². The Morgan fingerprint density at radius 3 is 2.32 bits per heavy atom. The van der Waals surface area contributed by atoms with Gasteiger partial charge in [0.15, 0.2) is 9.84 Å². The zero-order valence-corrected chi connectivity index (χ0v) is 12.6. The molecule has 100 valence electrons. The van der Waals surface area contributed by atoms with Gasteiger partial charge in [0.25, 0.3) is 0 Å². The summed E-state index contributed by atoms with van der Waals surface area (Å²) in [4.78, 5) is 0.251. The molecule has 19 heavy (non-hydrogen) atoms. The van der Waals surface area contributed by atoms with Gasteiger partial charge in [-0.3, -0.25) is 0 Å². The van der Waals surface area contributed by atoms with Crippen molar-refractivity contribution in [3.05, 3.63) is 63.9 Å². The number of benzene rings is 2. The maximum atomic E-state index is 13.4. The van der Waals surface area contributed by atoms with Crippen LogP contribution in [-0.4, -0.2) is 8.42 Å². The first-order valence-corrected chi connectivity index (χ1v) is 8.06. The third-order valence-corrected chi connectivity index (χ3v) is 5.07. The Morgan fingerprint density at radius 1 is 1.11 bits per heavy atom. The Bertz CT molecular complexity index is 694. The van der Waals surface area contributed by atoms with Crippen LogP contribution in [0.5, 0.6) is 0 Å². The molecule has 2 nitrogen and oxygen atoms in total. The van der Waals surface area contributed by atoms with Crippen molar-refractivity contribution in [2.45, 2.75) is 17.6 Å². The lowest BCUT2D eigenvalue weighted by atomic mass is 10.2. The molecule has 0 bridgehead atoms. The van der Waals surface area contributed by atoms with Crippen molar-refractivity contribution in [1.82, 2.24) is 0 Å². The molecule has 0 atom stereocenters. The SMILES string of the molecule is Cc1ccc(S(=O)(=O)Cc2ccc(Br)c(F)c2)cc1. The van der Waals surface area contributed by atoms with Gasteiger partial charge in [0.2, 0.25) is 0 Å². The van der Waals surface area contributed by atoms with Gasteiger partial charge in [0, 0.05) is 0 Å². The highest BCUT2D eigenvalue weighted by Crippen LogP contribution is 2.21. The third-order valence-electron chi connectivity index (χ3n) is 2.72. The third kappa shape index (κ3) is 3.42. The maximum Gasteiger partial charge on any atom is 0.182 e. The first-order valence-electron chi connectivity index (χ1n) is 5.62. The van der Waals surface area contributed by atoms with Gasteiger partial charge in [0.05, 0.1) is 15.1 Å². The van der Waals surface area contributed by atoms with E-state index in [2.05, 4.69) is 15.9 Å². The number of hydrogen-bond donors (Lipinski definition) is 0. The second-order valence-electron chi connectivity index (χ2n) is 4.32. The molecule has 0 radical (unpaired) electrons. The van der Waals surface area contributed by atoms with Crippen molar-refractivity contribution in [3.8, 4) is 0 Å². The summed E-state index contributed by atoms with van der Waals surface area (Å²) in [6.45, 7) is 1.89. The summed E-state index contributed by atoms with van der Waals surface area (Å²) in [6.07, 6.45) is 0. The molecule has 0 amide bonds. The summed E-state index contributed by atoms with van der Waals surface area (Å²) in [7, 11) is -3.44. The molecule has 0 unspecified atom stereocenters. The summed E-state index contributed by atoms with van der Waals surface area (Å²) < 4.78 is 38.0. The van der Waals surface area contributed by atoms with Crippen LogP contribution in [-0.2, 0) is 15.6 Å². The zero-order valence-electron chi connectivity index (χ0n) is 10.2. The molecule has 0 aromatic heterocycles. The van der Waals surface area contributed by atoms with Crippen LogP contribution >= 0.6 is 15.9 Å². The average Bonchev–Trinajstić information content (AvgIpc) is 2.34. The van der Waals surface area contributed by atoms with Gasteiger partial charge in [-0.1, -0.05) is 23.8 Å². The number of sulfone groups is 1. The predicted molar refractivity (Wildman–Crippen MR) is 76.2 cm³/mol. The first kappa shape index (κ1) is 14.2. The number of hydrogen-bond acceptors (Lipinski definition) is 2. The van der Waals surface area contributed by atoms with Crippen molar-refractivity contribution in [2.24, 2.45) is 0 Å². The van der Waals surface area contributed by atoms with Gasteiger partial charge in [-0.2, -0.15) is 0 Å². The van der Waals surface area contributed by atoms with Crippen molar-refractivity contribution in [2.75, 3.05) is 0 Å². The minimum absolute atomic E-state index is 0.208. The van der Waals surface area contributed by atoms with Crippen LogP contribution in [0, 0.1) is 12.7 Å². The van der Waals surface area contributed by atoms with E-state index in [-0.39, 0.29) is 10.6 Å². The molecule has 0 aliphatic heterocycles. The highest BCUT2D eigenvalue weighted by Gasteiger charge is 2.15. The smallest absolute Gasteiger partial charge is 0.182 e. The summed E-state index contributed by atoms with van der Waals surface area (Å²) in [5, 5.41) is 0. The molecule has 5 heteroatoms. The standard InChI is InChI=1S/C14H12BrFO2S/c1-10-2-5-12(6-3-10)19(17,18)9-11-4-7-13(15)14(16)8-11/h2-8H,9H2,1H3. The fourth-order valence-electron chi connectivity index (χ4n) is 1.68. The van der Waals surface area contributed by atoms with E-state index >= 15 is 0 Å². The van der Waals surface area contributed by atoms with Crippen LogP contribution in [0.4, 0.5) is 4.39 Å². The molecule has 0 N–H and O–H groups in total. The molecule has 2 aromatic carbocycles. The Labute approximate surface area is 120 Å². The van der Waals surface area contributed by atoms with Gasteiger partial charge in [0.1, 0.15) is 5.82 Å². The molecule has 0 saturated heterocycles. The van der Waals surface area contributed by atoms with Gasteiger partial charge in [-0.25, -0.2) is 12.8 Å². The lowest BCUT2D eigenvalue weighted by Crippen LogP contribution is -2.05. The van der Waals surface area contributed by atoms with Gasteiger partial charge in [-0.15, -0.1) is 0 Å². The summed E-state index contributed by atoms with van der Waals surface area (Å²) >= 11 is 3.04. The minimum atomic E-state index is -3.44. The molecular formula is C14H12BrFO2S. The topological polar surface area (TPSA) is 34.1 Å². The number of rotatable bonds is 3. The second kappa shape index (κ2) is 5.43. The number of halogens is 2. The van der Waals surface area contributed by atoms with Crippen LogP contribution in [0.3, 0.4) is 0 Å². The minimum Gasteiger partial charge on any atom is -0.223 e. The largest absolute Gasteiger partial charge is 0.223 e. The predicted octanol–water partition coefficient (Wildman–Crippen LogP) is 3.87. The van der Waals surface area contributed by atoms with Crippen LogP contribution in [0.25, 0.3) is 0 Å². The molecule has 0 saturated carbocycles. The summed E-state index contributed by atoms with van der Waals surface area (Å²) in [5.74, 6) is -0.670. The van der Waals surface area contributed by atoms with Gasteiger partial charge in [-0.05, 0) is 52.7 Å². The molecule has 2 aromatic rings. The lowest BCUT2D eigenvalue weighted by Gasteiger charge is -2.06. The fraction of sp³-hybridized carbons (Fsp3) is 0.143. The zero-order chi connectivity index (χ0) is 14.0. The Morgan fingerprint density at radius 2 is 1.74 bits per heavy atom. The maximum absolute atomic E-state index is 13.4. The molecule has 2 rings (SSSR count). The molecule has 0 fully saturated rings. The summed E-state index contributed by atoms with van der Waals surface area (Å²) in [6, 6.07) is 11.0. The molecule has 0 spiro atoms. The molecule has 0 heterocycles. The van der Waals surface area contributed by atoms with Gasteiger partial charge >= 0.3 is 0 Å². The monoisotopic (exact) mass is 342 g/mol. The number of aryl methyl sites for hydroxylation is 1. The van der Waals surface area contributed by atoms with E-state index in [1.807, 2.05) is 6.92 Å². The highest BCUT2D eigenvalue weighted by molar-refractivity contribution is 9.10. The van der Waals surface area contributed by atoms with Crippen LogP contribution in [0.2, 0.25) is 0 Å². The van der Waals surface area contributed by atoms with Crippen molar-refractivity contribution in [1.29, 1.82) is 0 Å². The molecule has 0 aliphatic carbocycles. The van der Waals surface area contributed by atoms with Crippen LogP contribution < -0.4 is 0 Å². The highest BCUT2D eigenvalue weighted by atomic mass is 79.9. The molecular weight excluding hydrogens is 331 g/mol. The second-order valence-corrected chi connectivity index (χ2v) is 7.16. The van der Waals surface area contributed by atoms with E-state index in [0.29, 0.717) is 10.0 Å². The van der Waals surface area contributed by atoms with Crippen LogP contribution in [0.15, 0.2) is 51.8 Å². The van der Waals surface area contributed by atoms with Crippen molar-refractivity contribution >= 4 is 25.8 Å². The fourth-order valence-corrected chi connectivity index (χ4v) is 3.26. The molecule has 0 aliphatic rings. The van der Waals surface area contributed by atoms with Crippen LogP contribution in [0.1, 0.15) is 11.1 Å². The van der Waals surface area contributed by atoms with Crippen molar-refractivity contribution in [3.63, 3.8) is 0 Å². The summed E-state index contributed by atoms with van der Waals surface area (Å²) in [5.41, 5.74) is 1.43. The van der Waals surface area contributed by atoms with E-state index < -0.39 is 15.7 Å². The Balaban J connectivity index is 2.30. The lowest BCUT2D eigenvalue weighted by molar-refractivity contribution is 0.594. The Kier molecular flexibility index (Phi) is 4.06. The average molecular weight is 343 g/mol. The van der Waals surface area contributed by atoms with E-state index in [1.54, 1.807) is 30.3 Å². The Hall–Kier alpha value is -1.20. The normalized spacial score (nSPS) is 11.5. The van der Waals surface area contributed by atoms with E-state index in [0.717, 1.165) is 5.56 Å². The van der Waals surface area contributed by atoms with Crippen molar-refractivity contribution < 1.29 is 12.8 Å².